The van der Waals surface area contributed by atoms with Gasteiger partial charge in [-0.2, -0.15) is 0 Å². The lowest BCUT2D eigenvalue weighted by Crippen LogP contribution is -2.36. The summed E-state index contributed by atoms with van der Waals surface area (Å²) in [5, 5.41) is 0. The SMILES string of the molecule is C[C@@H]1OC(=O)CC[C@H]1OCc1ccccc1. The van der Waals surface area contributed by atoms with E-state index in [1.54, 1.807) is 0 Å². The van der Waals surface area contributed by atoms with Gasteiger partial charge in [-0.15, -0.1) is 0 Å². The molecule has 1 heterocycles. The quantitative estimate of drug-likeness (QED) is 0.733. The van der Waals surface area contributed by atoms with Crippen LogP contribution < -0.4 is 0 Å². The molecule has 0 aromatic heterocycles. The molecule has 86 valence electrons. The Balaban J connectivity index is 1.84. The number of carbonyl (C=O) groups excluding carboxylic acids is 1. The van der Waals surface area contributed by atoms with Crippen LogP contribution in [0.2, 0.25) is 0 Å². The Labute approximate surface area is 95.4 Å². The van der Waals surface area contributed by atoms with Crippen molar-refractivity contribution in [3.63, 3.8) is 0 Å². The van der Waals surface area contributed by atoms with Gasteiger partial charge in [0.05, 0.1) is 12.7 Å². The summed E-state index contributed by atoms with van der Waals surface area (Å²) in [5.41, 5.74) is 1.15. The van der Waals surface area contributed by atoms with Crippen molar-refractivity contribution in [2.24, 2.45) is 0 Å². The lowest BCUT2D eigenvalue weighted by atomic mass is 10.1. The van der Waals surface area contributed by atoms with Gasteiger partial charge in [0.1, 0.15) is 6.10 Å². The van der Waals surface area contributed by atoms with E-state index in [-0.39, 0.29) is 18.2 Å². The molecule has 0 saturated carbocycles. The fourth-order valence-corrected chi connectivity index (χ4v) is 1.83. The van der Waals surface area contributed by atoms with Gasteiger partial charge in [0.15, 0.2) is 0 Å². The predicted octanol–water partition coefficient (Wildman–Crippen LogP) is 2.30. The average Bonchev–Trinajstić information content (AvgIpc) is 2.29. The van der Waals surface area contributed by atoms with Gasteiger partial charge in [0, 0.05) is 6.42 Å². The largest absolute Gasteiger partial charge is 0.460 e. The highest BCUT2D eigenvalue weighted by molar-refractivity contribution is 5.70. The van der Waals surface area contributed by atoms with Crippen LogP contribution in [0.5, 0.6) is 0 Å². The third-order valence-electron chi connectivity index (χ3n) is 2.78. The van der Waals surface area contributed by atoms with E-state index in [1.807, 2.05) is 37.3 Å². The van der Waals surface area contributed by atoms with Crippen LogP contribution in [0.15, 0.2) is 30.3 Å². The second kappa shape index (κ2) is 5.12. The minimum Gasteiger partial charge on any atom is -0.460 e. The molecule has 1 aliphatic heterocycles. The van der Waals surface area contributed by atoms with Crippen molar-refractivity contribution in [2.75, 3.05) is 0 Å². The fraction of sp³-hybridized carbons (Fsp3) is 0.462. The number of hydrogen-bond donors (Lipinski definition) is 0. The minimum absolute atomic E-state index is 0.0258. The standard InChI is InChI=1S/C13H16O3/c1-10-12(7-8-13(14)16-10)15-9-11-5-3-2-4-6-11/h2-6,10,12H,7-9H2,1H3/t10-,12+/m0/s1. The maximum absolute atomic E-state index is 11.0. The van der Waals surface area contributed by atoms with E-state index in [9.17, 15) is 4.79 Å². The highest BCUT2D eigenvalue weighted by atomic mass is 16.6. The van der Waals surface area contributed by atoms with Crippen LogP contribution >= 0.6 is 0 Å². The van der Waals surface area contributed by atoms with Crippen molar-refractivity contribution in [1.82, 2.24) is 0 Å². The fourth-order valence-electron chi connectivity index (χ4n) is 1.83. The highest BCUT2D eigenvalue weighted by Gasteiger charge is 2.27. The zero-order valence-electron chi connectivity index (χ0n) is 9.39. The van der Waals surface area contributed by atoms with Crippen LogP contribution in [0, 0.1) is 0 Å². The topological polar surface area (TPSA) is 35.5 Å². The van der Waals surface area contributed by atoms with Crippen LogP contribution in [-0.2, 0) is 20.9 Å². The molecule has 1 fully saturated rings. The van der Waals surface area contributed by atoms with Gasteiger partial charge in [-0.25, -0.2) is 0 Å². The number of ether oxygens (including phenoxy) is 2. The third-order valence-corrected chi connectivity index (χ3v) is 2.78. The van der Waals surface area contributed by atoms with Gasteiger partial charge in [0.2, 0.25) is 0 Å². The normalized spacial score (nSPS) is 25.2. The number of esters is 1. The van der Waals surface area contributed by atoms with Crippen molar-refractivity contribution in [3.8, 4) is 0 Å². The molecule has 0 radical (unpaired) electrons. The molecule has 0 N–H and O–H groups in total. The van der Waals surface area contributed by atoms with Crippen molar-refractivity contribution in [2.45, 2.75) is 38.6 Å². The van der Waals surface area contributed by atoms with E-state index in [2.05, 4.69) is 0 Å². The Bertz CT molecular complexity index is 347. The molecule has 1 saturated heterocycles. The first-order chi connectivity index (χ1) is 7.75. The second-order valence-corrected chi connectivity index (χ2v) is 4.07. The van der Waals surface area contributed by atoms with E-state index >= 15 is 0 Å². The zero-order chi connectivity index (χ0) is 11.4. The zero-order valence-corrected chi connectivity index (χ0v) is 9.39. The molecule has 1 aliphatic rings. The summed E-state index contributed by atoms with van der Waals surface area (Å²) in [7, 11) is 0. The predicted molar refractivity (Wildman–Crippen MR) is 59.8 cm³/mol. The third kappa shape index (κ3) is 2.83. The molecule has 0 amide bonds. The van der Waals surface area contributed by atoms with Gasteiger partial charge in [-0.1, -0.05) is 30.3 Å². The Morgan fingerprint density at radius 1 is 1.38 bits per heavy atom. The average molecular weight is 220 g/mol. The van der Waals surface area contributed by atoms with Gasteiger partial charge in [-0.05, 0) is 18.9 Å². The summed E-state index contributed by atoms with van der Waals surface area (Å²) >= 11 is 0. The maximum atomic E-state index is 11.0. The maximum Gasteiger partial charge on any atom is 0.306 e. The summed E-state index contributed by atoms with van der Waals surface area (Å²) in [4.78, 5) is 11.0. The number of carbonyl (C=O) groups is 1. The molecular formula is C13H16O3. The number of cyclic esters (lactones) is 1. The Kier molecular flexibility index (Phi) is 3.57. The monoisotopic (exact) mass is 220 g/mol. The highest BCUT2D eigenvalue weighted by Crippen LogP contribution is 2.19. The van der Waals surface area contributed by atoms with E-state index < -0.39 is 0 Å². The summed E-state index contributed by atoms with van der Waals surface area (Å²) < 4.78 is 10.9. The Hall–Kier alpha value is -1.35. The smallest absolute Gasteiger partial charge is 0.306 e. The molecule has 0 spiro atoms. The molecule has 3 heteroatoms. The van der Waals surface area contributed by atoms with E-state index in [4.69, 9.17) is 9.47 Å². The lowest BCUT2D eigenvalue weighted by molar-refractivity contribution is -0.167. The van der Waals surface area contributed by atoms with Crippen LogP contribution in [0.25, 0.3) is 0 Å². The first-order valence-electron chi connectivity index (χ1n) is 5.61. The summed E-state index contributed by atoms with van der Waals surface area (Å²) in [5.74, 6) is -0.118. The first kappa shape index (κ1) is 11.1. The first-order valence-corrected chi connectivity index (χ1v) is 5.61. The van der Waals surface area contributed by atoms with Crippen LogP contribution in [0.1, 0.15) is 25.3 Å². The molecule has 0 bridgehead atoms. The molecule has 0 aliphatic carbocycles. The van der Waals surface area contributed by atoms with Crippen molar-refractivity contribution in [1.29, 1.82) is 0 Å². The minimum atomic E-state index is -0.134. The van der Waals surface area contributed by atoms with Gasteiger partial charge >= 0.3 is 5.97 Å². The molecule has 16 heavy (non-hydrogen) atoms. The van der Waals surface area contributed by atoms with Crippen LogP contribution in [0.4, 0.5) is 0 Å². The van der Waals surface area contributed by atoms with Crippen LogP contribution in [0.3, 0.4) is 0 Å². The second-order valence-electron chi connectivity index (χ2n) is 4.07. The summed E-state index contributed by atoms with van der Waals surface area (Å²) in [6.07, 6.45) is 1.11. The molecule has 1 aromatic rings. The molecule has 2 atom stereocenters. The molecule has 1 aromatic carbocycles. The lowest BCUT2D eigenvalue weighted by Gasteiger charge is -2.28. The van der Waals surface area contributed by atoms with E-state index in [0.29, 0.717) is 13.0 Å². The van der Waals surface area contributed by atoms with E-state index in [0.717, 1.165) is 12.0 Å². The number of hydrogen-bond acceptors (Lipinski definition) is 3. The molecular weight excluding hydrogens is 204 g/mol. The van der Waals surface area contributed by atoms with Gasteiger partial charge in [0.25, 0.3) is 0 Å². The van der Waals surface area contributed by atoms with Gasteiger partial charge < -0.3 is 9.47 Å². The van der Waals surface area contributed by atoms with Crippen molar-refractivity contribution >= 4 is 5.97 Å². The van der Waals surface area contributed by atoms with Gasteiger partial charge in [-0.3, -0.25) is 4.79 Å². The van der Waals surface area contributed by atoms with Crippen molar-refractivity contribution in [3.05, 3.63) is 35.9 Å². The van der Waals surface area contributed by atoms with Crippen molar-refractivity contribution < 1.29 is 14.3 Å². The Morgan fingerprint density at radius 3 is 2.81 bits per heavy atom. The number of benzene rings is 1. The molecule has 2 rings (SSSR count). The summed E-state index contributed by atoms with van der Waals surface area (Å²) in [6, 6.07) is 10.0. The number of rotatable bonds is 3. The summed E-state index contributed by atoms with van der Waals surface area (Å²) in [6.45, 7) is 2.46. The van der Waals surface area contributed by atoms with E-state index in [1.165, 1.54) is 0 Å². The Morgan fingerprint density at radius 2 is 2.12 bits per heavy atom. The molecule has 0 unspecified atom stereocenters. The molecule has 3 nitrogen and oxygen atoms in total. The van der Waals surface area contributed by atoms with Crippen LogP contribution in [-0.4, -0.2) is 18.2 Å².